The van der Waals surface area contributed by atoms with Crippen LogP contribution in [0.2, 0.25) is 0 Å². The molecule has 0 spiro atoms. The van der Waals surface area contributed by atoms with E-state index in [-0.39, 0.29) is 6.61 Å². The molecule has 1 fully saturated rings. The number of nitrogens with one attached hydrogen (secondary N) is 1. The van der Waals surface area contributed by atoms with E-state index < -0.39 is 11.9 Å². The molecule has 0 unspecified atom stereocenters. The summed E-state index contributed by atoms with van der Waals surface area (Å²) >= 11 is 0. The highest BCUT2D eigenvalue weighted by Crippen LogP contribution is 2.39. The number of carbonyl (C=O) groups excluding carboxylic acids is 2. The van der Waals surface area contributed by atoms with Gasteiger partial charge in [0.05, 0.1) is 11.4 Å². The van der Waals surface area contributed by atoms with Crippen LogP contribution in [-0.4, -0.2) is 42.4 Å². The summed E-state index contributed by atoms with van der Waals surface area (Å²) in [6, 6.07) is 18.6. The van der Waals surface area contributed by atoms with E-state index in [1.165, 1.54) is 0 Å². The molecule has 7 nitrogen and oxygen atoms in total. The number of carbonyl (C=O) groups is 2. The van der Waals surface area contributed by atoms with Crippen molar-refractivity contribution in [1.29, 1.82) is 0 Å². The van der Waals surface area contributed by atoms with Gasteiger partial charge in [0, 0.05) is 31.4 Å². The van der Waals surface area contributed by atoms with Gasteiger partial charge in [-0.1, -0.05) is 18.2 Å². The Morgan fingerprint density at radius 3 is 2.43 bits per heavy atom. The van der Waals surface area contributed by atoms with Gasteiger partial charge < -0.3 is 15.0 Å². The molecule has 1 saturated carbocycles. The van der Waals surface area contributed by atoms with Crippen LogP contribution >= 0.6 is 0 Å². The van der Waals surface area contributed by atoms with Crippen molar-refractivity contribution in [3.63, 3.8) is 0 Å². The normalized spacial score (nSPS) is 13.0. The zero-order valence-corrected chi connectivity index (χ0v) is 17.0. The van der Waals surface area contributed by atoms with Gasteiger partial charge in [0.25, 0.3) is 5.91 Å². The molecule has 0 aliphatic heterocycles. The van der Waals surface area contributed by atoms with Gasteiger partial charge in [-0.3, -0.25) is 4.79 Å². The van der Waals surface area contributed by atoms with E-state index in [0.29, 0.717) is 17.3 Å². The topological polar surface area (TPSA) is 76.5 Å². The molecule has 0 atom stereocenters. The minimum Gasteiger partial charge on any atom is -0.451 e. The lowest BCUT2D eigenvalue weighted by atomic mass is 10.2. The van der Waals surface area contributed by atoms with Gasteiger partial charge >= 0.3 is 5.97 Å². The summed E-state index contributed by atoms with van der Waals surface area (Å²) in [7, 11) is 3.89. The predicted molar refractivity (Wildman–Crippen MR) is 115 cm³/mol. The number of para-hydroxylation sites is 1. The first-order chi connectivity index (χ1) is 14.5. The average Bonchev–Trinajstić information content (AvgIpc) is 3.51. The maximum atomic E-state index is 12.7. The first-order valence-corrected chi connectivity index (χ1v) is 9.91. The number of esters is 1. The van der Waals surface area contributed by atoms with E-state index in [1.54, 1.807) is 22.9 Å². The van der Waals surface area contributed by atoms with E-state index in [1.807, 2.05) is 61.5 Å². The van der Waals surface area contributed by atoms with Gasteiger partial charge in [0.15, 0.2) is 12.3 Å². The number of ether oxygens (including phenoxy) is 1. The molecular weight excluding hydrogens is 380 g/mol. The highest BCUT2D eigenvalue weighted by molar-refractivity contribution is 5.95. The summed E-state index contributed by atoms with van der Waals surface area (Å²) in [5, 5.41) is 7.33. The van der Waals surface area contributed by atoms with Crippen LogP contribution in [0.4, 0.5) is 11.4 Å². The summed E-state index contributed by atoms with van der Waals surface area (Å²) in [5.74, 6) is -0.569. The Morgan fingerprint density at radius 2 is 1.80 bits per heavy atom. The Kier molecular flexibility index (Phi) is 5.52. The Balaban J connectivity index is 1.42. The van der Waals surface area contributed by atoms with Crippen LogP contribution in [-0.2, 0) is 9.53 Å². The first-order valence-electron chi connectivity index (χ1n) is 9.91. The van der Waals surface area contributed by atoms with Gasteiger partial charge in [-0.05, 0) is 55.3 Å². The fourth-order valence-electron chi connectivity index (χ4n) is 3.13. The summed E-state index contributed by atoms with van der Waals surface area (Å²) in [5.41, 5.74) is 3.66. The lowest BCUT2D eigenvalue weighted by molar-refractivity contribution is -0.119. The number of anilines is 2. The number of rotatable bonds is 7. The van der Waals surface area contributed by atoms with Crippen molar-refractivity contribution in [3.05, 3.63) is 72.1 Å². The van der Waals surface area contributed by atoms with Crippen molar-refractivity contribution in [1.82, 2.24) is 9.78 Å². The third-order valence-electron chi connectivity index (χ3n) is 4.94. The quantitative estimate of drug-likeness (QED) is 0.609. The van der Waals surface area contributed by atoms with Crippen molar-refractivity contribution >= 4 is 23.3 Å². The zero-order chi connectivity index (χ0) is 21.1. The standard InChI is InChI=1S/C23H24N4O3/c1-26(2)18-12-10-17(11-13-18)24-22(28)15-30-23(29)21-14-20(16-8-9-16)25-27(21)19-6-4-3-5-7-19/h3-7,10-14,16H,8-9,15H2,1-2H3,(H,24,28). The van der Waals surface area contributed by atoms with Crippen LogP contribution in [0.3, 0.4) is 0 Å². The van der Waals surface area contributed by atoms with Gasteiger partial charge in [0.2, 0.25) is 0 Å². The van der Waals surface area contributed by atoms with Crippen LogP contribution in [0.15, 0.2) is 60.7 Å². The van der Waals surface area contributed by atoms with Crippen LogP contribution < -0.4 is 10.2 Å². The Morgan fingerprint density at radius 1 is 1.10 bits per heavy atom. The Hall–Kier alpha value is -3.61. The second-order valence-corrected chi connectivity index (χ2v) is 7.54. The minimum atomic E-state index is -0.573. The third kappa shape index (κ3) is 4.51. The van der Waals surface area contributed by atoms with Crippen LogP contribution in [0.5, 0.6) is 0 Å². The number of hydrogen-bond acceptors (Lipinski definition) is 5. The molecule has 2 aromatic carbocycles. The summed E-state index contributed by atoms with van der Waals surface area (Å²) in [4.78, 5) is 26.9. The molecule has 1 N–H and O–H groups in total. The molecule has 30 heavy (non-hydrogen) atoms. The van der Waals surface area contributed by atoms with Crippen LogP contribution in [0.1, 0.15) is 34.9 Å². The molecular formula is C23H24N4O3. The number of amides is 1. The zero-order valence-electron chi connectivity index (χ0n) is 17.0. The minimum absolute atomic E-state index is 0.325. The largest absolute Gasteiger partial charge is 0.451 e. The Bertz CT molecular complexity index is 1040. The fraction of sp³-hybridized carbons (Fsp3) is 0.261. The van der Waals surface area contributed by atoms with Crippen LogP contribution in [0, 0.1) is 0 Å². The van der Waals surface area contributed by atoms with Crippen molar-refractivity contribution in [2.75, 3.05) is 30.9 Å². The Labute approximate surface area is 175 Å². The molecule has 7 heteroatoms. The second-order valence-electron chi connectivity index (χ2n) is 7.54. The van der Waals surface area contributed by atoms with E-state index in [0.717, 1.165) is 29.9 Å². The molecule has 1 aliphatic rings. The predicted octanol–water partition coefficient (Wildman–Crippen LogP) is 3.61. The molecule has 0 radical (unpaired) electrons. The maximum Gasteiger partial charge on any atom is 0.357 e. The number of aromatic nitrogens is 2. The molecule has 0 saturated heterocycles. The number of hydrogen-bond donors (Lipinski definition) is 1. The van der Waals surface area contributed by atoms with E-state index in [4.69, 9.17) is 4.74 Å². The van der Waals surface area contributed by atoms with E-state index in [2.05, 4.69) is 10.4 Å². The highest BCUT2D eigenvalue weighted by Gasteiger charge is 2.29. The van der Waals surface area contributed by atoms with Crippen molar-refractivity contribution in [3.8, 4) is 5.69 Å². The lowest BCUT2D eigenvalue weighted by Crippen LogP contribution is -2.22. The van der Waals surface area contributed by atoms with Crippen molar-refractivity contribution in [2.45, 2.75) is 18.8 Å². The molecule has 3 aromatic rings. The highest BCUT2D eigenvalue weighted by atomic mass is 16.5. The molecule has 1 aromatic heterocycles. The SMILES string of the molecule is CN(C)c1ccc(NC(=O)COC(=O)c2cc(C3CC3)nn2-c2ccccc2)cc1. The average molecular weight is 404 g/mol. The lowest BCUT2D eigenvalue weighted by Gasteiger charge is -2.13. The van der Waals surface area contributed by atoms with Gasteiger partial charge in [0.1, 0.15) is 0 Å². The second kappa shape index (κ2) is 8.41. The van der Waals surface area contributed by atoms with Gasteiger partial charge in [-0.25, -0.2) is 9.48 Å². The smallest absolute Gasteiger partial charge is 0.357 e. The van der Waals surface area contributed by atoms with Crippen LogP contribution in [0.25, 0.3) is 5.69 Å². The van der Waals surface area contributed by atoms with Gasteiger partial charge in [-0.15, -0.1) is 0 Å². The van der Waals surface area contributed by atoms with E-state index in [9.17, 15) is 9.59 Å². The fourth-order valence-corrected chi connectivity index (χ4v) is 3.13. The maximum absolute atomic E-state index is 12.7. The molecule has 0 bridgehead atoms. The third-order valence-corrected chi connectivity index (χ3v) is 4.94. The first kappa shape index (κ1) is 19.7. The van der Waals surface area contributed by atoms with E-state index >= 15 is 0 Å². The number of benzene rings is 2. The van der Waals surface area contributed by atoms with Gasteiger partial charge in [-0.2, -0.15) is 5.10 Å². The molecule has 1 heterocycles. The molecule has 1 aliphatic carbocycles. The summed E-state index contributed by atoms with van der Waals surface area (Å²) < 4.78 is 6.87. The molecule has 154 valence electrons. The monoisotopic (exact) mass is 404 g/mol. The number of nitrogens with zero attached hydrogens (tertiary/aromatic N) is 3. The molecule has 4 rings (SSSR count). The van der Waals surface area contributed by atoms with Crippen molar-refractivity contribution in [2.24, 2.45) is 0 Å². The van der Waals surface area contributed by atoms with Crippen molar-refractivity contribution < 1.29 is 14.3 Å². The summed E-state index contributed by atoms with van der Waals surface area (Å²) in [6.45, 7) is -0.368. The summed E-state index contributed by atoms with van der Waals surface area (Å²) in [6.07, 6.45) is 2.16. The molecule has 1 amide bonds.